The molecule has 5 nitrogen and oxygen atoms in total. The fourth-order valence-corrected chi connectivity index (χ4v) is 3.03. The highest BCUT2D eigenvalue weighted by atomic mass is 19.1. The Hall–Kier alpha value is -1.82. The van der Waals surface area contributed by atoms with Gasteiger partial charge in [0, 0.05) is 20.1 Å². The van der Waals surface area contributed by atoms with Crippen molar-refractivity contribution in [3.63, 3.8) is 0 Å². The lowest BCUT2D eigenvalue weighted by Crippen LogP contribution is -2.38. The SMILES string of the molecule is CN=C(NCCOC1CCCCCC1)NCc1ccc(OC)c(F)c1. The Labute approximate surface area is 150 Å². The maximum atomic E-state index is 13.7. The van der Waals surface area contributed by atoms with E-state index < -0.39 is 0 Å². The van der Waals surface area contributed by atoms with E-state index in [1.165, 1.54) is 51.7 Å². The van der Waals surface area contributed by atoms with Crippen LogP contribution in [-0.4, -0.2) is 39.4 Å². The Morgan fingerprint density at radius 1 is 1.20 bits per heavy atom. The number of nitrogens with zero attached hydrogens (tertiary/aromatic N) is 1. The molecule has 140 valence electrons. The summed E-state index contributed by atoms with van der Waals surface area (Å²) in [6.45, 7) is 1.86. The van der Waals surface area contributed by atoms with E-state index in [9.17, 15) is 4.39 Å². The van der Waals surface area contributed by atoms with Gasteiger partial charge in [-0.05, 0) is 30.5 Å². The number of nitrogens with one attached hydrogen (secondary N) is 2. The molecule has 0 heterocycles. The topological polar surface area (TPSA) is 54.9 Å². The van der Waals surface area contributed by atoms with Crippen molar-refractivity contribution in [2.24, 2.45) is 4.99 Å². The molecule has 0 unspecified atom stereocenters. The quantitative estimate of drug-likeness (QED) is 0.343. The fourth-order valence-electron chi connectivity index (χ4n) is 3.03. The number of hydrogen-bond acceptors (Lipinski definition) is 3. The van der Waals surface area contributed by atoms with Gasteiger partial charge < -0.3 is 20.1 Å². The lowest BCUT2D eigenvalue weighted by atomic mass is 10.1. The highest BCUT2D eigenvalue weighted by molar-refractivity contribution is 5.79. The third kappa shape index (κ3) is 6.90. The van der Waals surface area contributed by atoms with Gasteiger partial charge in [-0.1, -0.05) is 31.7 Å². The molecular weight excluding hydrogens is 321 g/mol. The normalized spacial score (nSPS) is 16.4. The van der Waals surface area contributed by atoms with Crippen LogP contribution in [-0.2, 0) is 11.3 Å². The molecule has 0 bridgehead atoms. The minimum atomic E-state index is -0.360. The van der Waals surface area contributed by atoms with Gasteiger partial charge in [0.25, 0.3) is 0 Å². The second-order valence-electron chi connectivity index (χ2n) is 6.31. The highest BCUT2D eigenvalue weighted by Crippen LogP contribution is 2.19. The molecule has 2 rings (SSSR count). The molecule has 1 aliphatic carbocycles. The molecule has 6 heteroatoms. The average molecular weight is 351 g/mol. The summed E-state index contributed by atoms with van der Waals surface area (Å²) in [6.07, 6.45) is 7.98. The first kappa shape index (κ1) is 19.5. The molecule has 1 aliphatic rings. The third-order valence-corrected chi connectivity index (χ3v) is 4.45. The maximum absolute atomic E-state index is 13.7. The van der Waals surface area contributed by atoms with E-state index in [-0.39, 0.29) is 11.6 Å². The van der Waals surface area contributed by atoms with Gasteiger partial charge in [-0.3, -0.25) is 4.99 Å². The molecule has 0 saturated heterocycles. The van der Waals surface area contributed by atoms with Gasteiger partial charge in [0.1, 0.15) is 0 Å². The molecule has 0 atom stereocenters. The van der Waals surface area contributed by atoms with E-state index in [2.05, 4.69) is 15.6 Å². The molecule has 1 saturated carbocycles. The zero-order chi connectivity index (χ0) is 17.9. The predicted octanol–water partition coefficient (Wildman–Crippen LogP) is 3.24. The van der Waals surface area contributed by atoms with E-state index in [1.807, 2.05) is 6.07 Å². The summed E-state index contributed by atoms with van der Waals surface area (Å²) in [5.74, 6) is 0.573. The molecule has 25 heavy (non-hydrogen) atoms. The summed E-state index contributed by atoms with van der Waals surface area (Å²) in [6, 6.07) is 4.93. The van der Waals surface area contributed by atoms with Crippen molar-refractivity contribution in [2.75, 3.05) is 27.3 Å². The van der Waals surface area contributed by atoms with Gasteiger partial charge in [-0.25, -0.2) is 4.39 Å². The Kier molecular flexibility index (Phi) is 8.52. The summed E-state index contributed by atoms with van der Waals surface area (Å²) >= 11 is 0. The van der Waals surface area contributed by atoms with Crippen LogP contribution in [0.2, 0.25) is 0 Å². The van der Waals surface area contributed by atoms with Crippen LogP contribution >= 0.6 is 0 Å². The van der Waals surface area contributed by atoms with Crippen LogP contribution in [0.5, 0.6) is 5.75 Å². The maximum Gasteiger partial charge on any atom is 0.191 e. The predicted molar refractivity (Wildman–Crippen MR) is 98.6 cm³/mol. The summed E-state index contributed by atoms with van der Waals surface area (Å²) in [7, 11) is 3.18. The van der Waals surface area contributed by atoms with Crippen molar-refractivity contribution in [3.8, 4) is 5.75 Å². The van der Waals surface area contributed by atoms with Crippen molar-refractivity contribution in [1.82, 2.24) is 10.6 Å². The van der Waals surface area contributed by atoms with Crippen molar-refractivity contribution in [2.45, 2.75) is 51.2 Å². The van der Waals surface area contributed by atoms with Crippen LogP contribution in [0.3, 0.4) is 0 Å². The summed E-state index contributed by atoms with van der Waals surface area (Å²) in [5, 5.41) is 6.40. The molecule has 0 spiro atoms. The summed E-state index contributed by atoms with van der Waals surface area (Å²) in [5.41, 5.74) is 0.830. The number of ether oxygens (including phenoxy) is 2. The minimum absolute atomic E-state index is 0.252. The van der Waals surface area contributed by atoms with Gasteiger partial charge in [-0.2, -0.15) is 0 Å². The first-order chi connectivity index (χ1) is 12.2. The Balaban J connectivity index is 1.67. The number of aliphatic imine (C=N–C) groups is 1. The molecule has 0 aromatic heterocycles. The molecule has 2 N–H and O–H groups in total. The van der Waals surface area contributed by atoms with Crippen molar-refractivity contribution in [1.29, 1.82) is 0 Å². The lowest BCUT2D eigenvalue weighted by Gasteiger charge is -2.17. The number of halogens is 1. The molecule has 1 aromatic rings. The van der Waals surface area contributed by atoms with Crippen LogP contribution in [0.4, 0.5) is 4.39 Å². The third-order valence-electron chi connectivity index (χ3n) is 4.45. The van der Waals surface area contributed by atoms with Gasteiger partial charge in [0.2, 0.25) is 0 Å². The highest BCUT2D eigenvalue weighted by Gasteiger charge is 2.12. The zero-order valence-corrected chi connectivity index (χ0v) is 15.3. The first-order valence-electron chi connectivity index (χ1n) is 9.11. The van der Waals surface area contributed by atoms with Crippen LogP contribution in [0.25, 0.3) is 0 Å². The van der Waals surface area contributed by atoms with Gasteiger partial charge >= 0.3 is 0 Å². The average Bonchev–Trinajstić information content (AvgIpc) is 2.90. The summed E-state index contributed by atoms with van der Waals surface area (Å²) in [4.78, 5) is 4.18. The second-order valence-corrected chi connectivity index (χ2v) is 6.31. The van der Waals surface area contributed by atoms with Crippen LogP contribution in [0.1, 0.15) is 44.1 Å². The van der Waals surface area contributed by atoms with Crippen LogP contribution in [0.15, 0.2) is 23.2 Å². The number of rotatable bonds is 7. The Morgan fingerprint density at radius 3 is 2.60 bits per heavy atom. The minimum Gasteiger partial charge on any atom is -0.494 e. The fraction of sp³-hybridized carbons (Fsp3) is 0.632. The van der Waals surface area contributed by atoms with E-state index in [1.54, 1.807) is 13.1 Å². The smallest absolute Gasteiger partial charge is 0.191 e. The van der Waals surface area contributed by atoms with E-state index >= 15 is 0 Å². The molecule has 0 amide bonds. The number of guanidine groups is 1. The number of hydrogen-bond donors (Lipinski definition) is 2. The first-order valence-corrected chi connectivity index (χ1v) is 9.11. The molecule has 0 radical (unpaired) electrons. The molecule has 1 fully saturated rings. The van der Waals surface area contributed by atoms with Crippen molar-refractivity contribution < 1.29 is 13.9 Å². The molecule has 0 aliphatic heterocycles. The second kappa shape index (κ2) is 10.9. The lowest BCUT2D eigenvalue weighted by molar-refractivity contribution is 0.0468. The van der Waals surface area contributed by atoms with Crippen LogP contribution in [0, 0.1) is 5.82 Å². The largest absolute Gasteiger partial charge is 0.494 e. The summed E-state index contributed by atoms with van der Waals surface area (Å²) < 4.78 is 24.6. The monoisotopic (exact) mass is 351 g/mol. The van der Waals surface area contributed by atoms with Gasteiger partial charge in [0.15, 0.2) is 17.5 Å². The molecule has 1 aromatic carbocycles. The van der Waals surface area contributed by atoms with Crippen molar-refractivity contribution in [3.05, 3.63) is 29.6 Å². The van der Waals surface area contributed by atoms with Crippen LogP contribution < -0.4 is 15.4 Å². The van der Waals surface area contributed by atoms with E-state index in [0.29, 0.717) is 31.8 Å². The zero-order valence-electron chi connectivity index (χ0n) is 15.3. The molecular formula is C19H30FN3O2. The van der Waals surface area contributed by atoms with E-state index in [4.69, 9.17) is 9.47 Å². The van der Waals surface area contributed by atoms with E-state index in [0.717, 1.165) is 5.56 Å². The number of methoxy groups -OCH3 is 1. The van der Waals surface area contributed by atoms with Gasteiger partial charge in [0.05, 0.1) is 19.8 Å². The standard InChI is InChI=1S/C19H30FN3O2/c1-21-19(22-11-12-25-16-7-5-3-4-6-8-16)23-14-15-9-10-18(24-2)17(20)13-15/h9-10,13,16H,3-8,11-12,14H2,1-2H3,(H2,21,22,23). The Morgan fingerprint density at radius 2 is 1.96 bits per heavy atom. The van der Waals surface area contributed by atoms with Crippen molar-refractivity contribution >= 4 is 5.96 Å². The number of benzene rings is 1. The Bertz CT molecular complexity index is 543. The van der Waals surface area contributed by atoms with Gasteiger partial charge in [-0.15, -0.1) is 0 Å².